The van der Waals surface area contributed by atoms with Gasteiger partial charge in [-0.05, 0) is 17.6 Å². The second kappa shape index (κ2) is 32.7. The molecule has 1 amide bonds. The minimum absolute atomic E-state index is 0.0148. The van der Waals surface area contributed by atoms with E-state index in [9.17, 15) is 13.9 Å². The van der Waals surface area contributed by atoms with Gasteiger partial charge in [-0.2, -0.15) is 11.8 Å². The molecule has 0 aliphatic carbocycles. The first-order valence-electron chi connectivity index (χ1n) is 11.4. The first kappa shape index (κ1) is 39.2. The quantitative estimate of drug-likeness (QED) is 0.0381. The maximum atomic E-state index is 11.9. The summed E-state index contributed by atoms with van der Waals surface area (Å²) in [6, 6.07) is 0. The molecule has 0 heterocycles. The Morgan fingerprint density at radius 2 is 1.43 bits per heavy atom. The SMILES string of the molecule is CCC/N=C/[S+]([O-])CCSCSCSCCSC(=O)NCCSCSCSCC/N=C/[S+]([O-])CSCO. The van der Waals surface area contributed by atoms with Crippen LogP contribution in [0.1, 0.15) is 13.3 Å². The van der Waals surface area contributed by atoms with Crippen molar-refractivity contribution in [3.8, 4) is 0 Å². The highest BCUT2D eigenvalue weighted by Crippen LogP contribution is 2.19. The number of carbonyl (C=O) groups is 1. The van der Waals surface area contributed by atoms with E-state index in [2.05, 4.69) is 22.2 Å². The molecule has 0 saturated carbocycles. The number of amides is 1. The summed E-state index contributed by atoms with van der Waals surface area (Å²) in [4.78, 5) is 20.2. The Balaban J connectivity index is 3.30. The van der Waals surface area contributed by atoms with Gasteiger partial charge >= 0.3 is 0 Å². The van der Waals surface area contributed by atoms with Crippen LogP contribution < -0.4 is 5.32 Å². The van der Waals surface area contributed by atoms with E-state index in [-0.39, 0.29) is 11.2 Å². The van der Waals surface area contributed by atoms with Gasteiger partial charge in [0.2, 0.25) is 11.1 Å². The summed E-state index contributed by atoms with van der Waals surface area (Å²) in [7, 11) is 0. The molecule has 17 heteroatoms. The highest BCUT2D eigenvalue weighted by molar-refractivity contribution is 8.23. The number of rotatable bonds is 27. The number of aliphatic hydroxyl groups excluding tert-OH is 1. The van der Waals surface area contributed by atoms with Crippen LogP contribution in [0.15, 0.2) is 9.98 Å². The van der Waals surface area contributed by atoms with Crippen molar-refractivity contribution >= 4 is 133 Å². The standard InChI is InChI=1S/C20H39N3O4S10/c1-2-3-21-12-36(26)11-10-31-18-34-17-30-8-9-35-20(25)23-5-7-29-16-33-15-28-6-4-22-13-37(27)19-32-14-24/h12-13,24H,2-11,14-19H2,1H3,(H,23,25)/b21-12+,22-13+. The molecule has 218 valence electrons. The van der Waals surface area contributed by atoms with Gasteiger partial charge < -0.3 is 19.5 Å². The number of aliphatic imine (C=N–C) groups is 2. The molecule has 0 fully saturated rings. The average Bonchev–Trinajstić information content (AvgIpc) is 2.89. The van der Waals surface area contributed by atoms with Gasteiger partial charge in [0.1, 0.15) is 5.75 Å². The molecule has 2 unspecified atom stereocenters. The number of aliphatic hydroxyl groups is 1. The van der Waals surface area contributed by atoms with Crippen LogP contribution >= 0.6 is 94.1 Å². The Morgan fingerprint density at radius 1 is 0.811 bits per heavy atom. The first-order chi connectivity index (χ1) is 18.1. The van der Waals surface area contributed by atoms with E-state index in [4.69, 9.17) is 5.11 Å². The van der Waals surface area contributed by atoms with Gasteiger partial charge in [0.05, 0.1) is 12.5 Å². The van der Waals surface area contributed by atoms with Crippen LogP contribution in [0.25, 0.3) is 0 Å². The van der Waals surface area contributed by atoms with E-state index in [1.807, 2.05) is 70.6 Å². The van der Waals surface area contributed by atoms with Crippen LogP contribution in [0.5, 0.6) is 0 Å². The van der Waals surface area contributed by atoms with E-state index in [0.29, 0.717) is 23.9 Å². The summed E-state index contributed by atoms with van der Waals surface area (Å²) in [5, 5.41) is 16.1. The highest BCUT2D eigenvalue weighted by Gasteiger charge is 2.04. The molecule has 0 rings (SSSR count). The minimum Gasteiger partial charge on any atom is -0.611 e. The van der Waals surface area contributed by atoms with Crippen molar-refractivity contribution in [2.75, 3.05) is 85.5 Å². The number of hydrogen-bond acceptors (Lipinski definition) is 14. The Hall–Kier alpha value is 2.19. The van der Waals surface area contributed by atoms with Gasteiger partial charge in [-0.1, -0.05) is 30.4 Å². The lowest BCUT2D eigenvalue weighted by Crippen LogP contribution is -2.22. The van der Waals surface area contributed by atoms with Gasteiger partial charge in [0, 0.05) is 73.4 Å². The van der Waals surface area contributed by atoms with Gasteiger partial charge in [0.15, 0.2) is 5.08 Å². The fourth-order valence-electron chi connectivity index (χ4n) is 1.87. The zero-order valence-corrected chi connectivity index (χ0v) is 29.3. The van der Waals surface area contributed by atoms with Crippen molar-refractivity contribution in [2.45, 2.75) is 13.3 Å². The Morgan fingerprint density at radius 3 is 2.14 bits per heavy atom. The zero-order valence-electron chi connectivity index (χ0n) is 21.1. The third-order valence-corrected chi connectivity index (χ3v) is 15.2. The van der Waals surface area contributed by atoms with Crippen molar-refractivity contribution in [3.05, 3.63) is 0 Å². The molecule has 0 aliphatic heterocycles. The van der Waals surface area contributed by atoms with Crippen LogP contribution in [0, 0.1) is 0 Å². The van der Waals surface area contributed by atoms with E-state index in [1.54, 1.807) is 5.55 Å². The fourth-order valence-corrected chi connectivity index (χ4v) is 12.1. The molecule has 0 aromatic rings. The molecule has 0 aliphatic rings. The third-order valence-electron chi connectivity index (χ3n) is 3.46. The fraction of sp³-hybridized carbons (Fsp3) is 0.850. The van der Waals surface area contributed by atoms with E-state index in [0.717, 1.165) is 62.1 Å². The van der Waals surface area contributed by atoms with Crippen LogP contribution in [-0.2, 0) is 22.4 Å². The molecule has 7 nitrogen and oxygen atoms in total. The monoisotopic (exact) mass is 705 g/mol. The molecular weight excluding hydrogens is 667 g/mol. The summed E-state index contributed by atoms with van der Waals surface area (Å²) in [5.74, 6) is 5.14. The summed E-state index contributed by atoms with van der Waals surface area (Å²) in [6.45, 7) is 4.17. The lowest BCUT2D eigenvalue weighted by atomic mass is 10.5. The van der Waals surface area contributed by atoms with Crippen LogP contribution in [0.2, 0.25) is 0 Å². The van der Waals surface area contributed by atoms with E-state index < -0.39 is 22.4 Å². The van der Waals surface area contributed by atoms with Gasteiger partial charge in [0.25, 0.3) is 5.24 Å². The van der Waals surface area contributed by atoms with Crippen molar-refractivity contribution in [3.63, 3.8) is 0 Å². The molecule has 2 N–H and O–H groups in total. The van der Waals surface area contributed by atoms with E-state index in [1.165, 1.54) is 29.1 Å². The maximum Gasteiger partial charge on any atom is 0.279 e. The van der Waals surface area contributed by atoms with Gasteiger partial charge in [-0.3, -0.25) is 4.79 Å². The number of nitrogens with zero attached hydrogens (tertiary/aromatic N) is 2. The predicted molar refractivity (Wildman–Crippen MR) is 188 cm³/mol. The summed E-state index contributed by atoms with van der Waals surface area (Å²) < 4.78 is 23.1. The van der Waals surface area contributed by atoms with Crippen molar-refractivity contribution < 1.29 is 19.0 Å². The number of hydrogen-bond donors (Lipinski definition) is 2. The molecule has 0 bridgehead atoms. The molecule has 0 aromatic heterocycles. The number of nitrogens with one attached hydrogen (secondary N) is 1. The second-order valence-electron chi connectivity index (χ2n) is 6.52. The van der Waals surface area contributed by atoms with Crippen LogP contribution in [0.3, 0.4) is 0 Å². The summed E-state index contributed by atoms with van der Waals surface area (Å²) in [6.07, 6.45) is 0.985. The van der Waals surface area contributed by atoms with Gasteiger partial charge in [-0.25, -0.2) is 9.98 Å². The Kier molecular flexibility index (Phi) is 34.6. The number of carbonyl (C=O) groups excluding carboxylic acids is 1. The normalized spacial score (nSPS) is 13.5. The van der Waals surface area contributed by atoms with Crippen LogP contribution in [0.4, 0.5) is 4.79 Å². The lowest BCUT2D eigenvalue weighted by Gasteiger charge is -2.06. The predicted octanol–water partition coefficient (Wildman–Crippen LogP) is 5.26. The summed E-state index contributed by atoms with van der Waals surface area (Å²) >= 11 is 11.6. The Bertz CT molecular complexity index is 570. The van der Waals surface area contributed by atoms with Crippen molar-refractivity contribution in [2.24, 2.45) is 9.98 Å². The van der Waals surface area contributed by atoms with E-state index >= 15 is 0 Å². The maximum absolute atomic E-state index is 11.9. The van der Waals surface area contributed by atoms with Crippen molar-refractivity contribution in [1.82, 2.24) is 5.32 Å². The highest BCUT2D eigenvalue weighted by atomic mass is 32.3. The third kappa shape index (κ3) is 32.6. The lowest BCUT2D eigenvalue weighted by molar-refractivity contribution is 0.261. The zero-order chi connectivity index (χ0) is 27.2. The summed E-state index contributed by atoms with van der Waals surface area (Å²) in [5.41, 5.74) is 3.05. The molecular formula is C20H39N3O4S10. The Labute approximate surface area is 263 Å². The van der Waals surface area contributed by atoms with Crippen LogP contribution in [-0.4, -0.2) is 116 Å². The first-order valence-corrected chi connectivity index (χ1v) is 23.2. The topological polar surface area (TPSA) is 120 Å². The largest absolute Gasteiger partial charge is 0.611 e. The minimum atomic E-state index is -1.10. The molecule has 0 aromatic carbocycles. The molecule has 2 atom stereocenters. The molecule has 0 spiro atoms. The average molecular weight is 706 g/mol. The number of thioether (sulfide) groups is 8. The van der Waals surface area contributed by atoms with Gasteiger partial charge in [-0.15, -0.1) is 58.8 Å². The molecule has 37 heavy (non-hydrogen) atoms. The second-order valence-corrected chi connectivity index (χ2v) is 19.4. The molecule has 0 radical (unpaired) electrons. The van der Waals surface area contributed by atoms with Crippen molar-refractivity contribution in [1.29, 1.82) is 0 Å². The smallest absolute Gasteiger partial charge is 0.279 e. The molecule has 0 saturated heterocycles.